The van der Waals surface area contributed by atoms with Crippen molar-refractivity contribution in [2.75, 3.05) is 0 Å². The number of benzene rings is 8. The van der Waals surface area contributed by atoms with E-state index in [2.05, 4.69) is 180 Å². The number of rotatable bonds is 5. The van der Waals surface area contributed by atoms with Gasteiger partial charge in [-0.3, -0.25) is 0 Å². The molecule has 8 aromatic carbocycles. The second-order valence-electron chi connectivity index (χ2n) is 14.0. The molecule has 0 fully saturated rings. The first-order chi connectivity index (χ1) is 27.3. The number of fused-ring (bicyclic) bond motifs is 7. The summed E-state index contributed by atoms with van der Waals surface area (Å²) in [7, 11) is 0. The molecule has 4 heteroatoms. The molecule has 11 aromatic rings. The number of aromatic nitrogens is 4. The lowest BCUT2D eigenvalue weighted by molar-refractivity contribution is 1.18. The molecular weight excluding hydrogens is 669 g/mol. The van der Waals surface area contributed by atoms with Crippen LogP contribution in [0.2, 0.25) is 0 Å². The van der Waals surface area contributed by atoms with Crippen molar-refractivity contribution >= 4 is 54.4 Å². The molecule has 0 aliphatic carbocycles. The zero-order valence-electron chi connectivity index (χ0n) is 29.8. The van der Waals surface area contributed by atoms with E-state index < -0.39 is 0 Å². The first-order valence-corrected chi connectivity index (χ1v) is 18.6. The van der Waals surface area contributed by atoms with Gasteiger partial charge in [0, 0.05) is 49.3 Å². The summed E-state index contributed by atoms with van der Waals surface area (Å²) in [5.41, 5.74) is 12.7. The highest BCUT2D eigenvalue weighted by Gasteiger charge is 2.18. The number of para-hydroxylation sites is 2. The summed E-state index contributed by atoms with van der Waals surface area (Å²) in [5, 5.41) is 6.90. The highest BCUT2D eigenvalue weighted by molar-refractivity contribution is 6.19. The molecule has 0 unspecified atom stereocenters. The molecule has 0 radical (unpaired) electrons. The fraction of sp³-hybridized carbons (Fsp3) is 0. The van der Waals surface area contributed by atoms with Gasteiger partial charge < -0.3 is 4.57 Å². The quantitative estimate of drug-likeness (QED) is 0.168. The number of hydrogen-bond donors (Lipinski definition) is 0. The van der Waals surface area contributed by atoms with E-state index >= 15 is 0 Å². The van der Waals surface area contributed by atoms with Gasteiger partial charge in [-0.1, -0.05) is 152 Å². The van der Waals surface area contributed by atoms with Crippen LogP contribution in [-0.4, -0.2) is 19.5 Å². The molecule has 0 amide bonds. The van der Waals surface area contributed by atoms with Crippen LogP contribution in [0.15, 0.2) is 194 Å². The summed E-state index contributed by atoms with van der Waals surface area (Å²) >= 11 is 0. The molecular formula is C51H32N4. The molecule has 11 rings (SSSR count). The van der Waals surface area contributed by atoms with Crippen LogP contribution in [0.3, 0.4) is 0 Å². The second kappa shape index (κ2) is 12.6. The van der Waals surface area contributed by atoms with Crippen LogP contribution < -0.4 is 0 Å². The normalized spacial score (nSPS) is 11.6. The first kappa shape index (κ1) is 31.1. The topological polar surface area (TPSA) is 43.6 Å². The number of hydrogen-bond acceptors (Lipinski definition) is 3. The second-order valence-corrected chi connectivity index (χ2v) is 14.0. The van der Waals surface area contributed by atoms with E-state index in [1.54, 1.807) is 0 Å². The molecule has 256 valence electrons. The smallest absolute Gasteiger partial charge is 0.160 e. The molecule has 3 heterocycles. The van der Waals surface area contributed by atoms with Crippen molar-refractivity contribution in [3.05, 3.63) is 194 Å². The predicted octanol–water partition coefficient (Wildman–Crippen LogP) is 13.1. The third-order valence-corrected chi connectivity index (χ3v) is 10.8. The Balaban J connectivity index is 1.08. The monoisotopic (exact) mass is 700 g/mol. The standard InChI is InChI=1S/C51H32N4/c1-4-14-34(15-5-1)49-40-21-11-10-20-39(40)42-32-48-44(31-46(42)52-49)43-30-37(28-29-47(43)55(48)38-18-8-3-9-19-38)33-24-26-36(27-25-33)51-53-45-23-13-12-22-41(45)50(54-51)35-16-6-2-7-17-35/h1-32H. The Labute approximate surface area is 317 Å². The third-order valence-electron chi connectivity index (χ3n) is 10.8. The molecule has 0 saturated carbocycles. The fourth-order valence-electron chi connectivity index (χ4n) is 8.15. The van der Waals surface area contributed by atoms with Crippen LogP contribution in [0.1, 0.15) is 0 Å². The molecule has 0 aliphatic heterocycles. The van der Waals surface area contributed by atoms with Crippen molar-refractivity contribution in [2.45, 2.75) is 0 Å². The fourth-order valence-corrected chi connectivity index (χ4v) is 8.15. The predicted molar refractivity (Wildman–Crippen MR) is 228 cm³/mol. The largest absolute Gasteiger partial charge is 0.309 e. The zero-order chi connectivity index (χ0) is 36.3. The Bertz CT molecular complexity index is 3220. The van der Waals surface area contributed by atoms with E-state index in [-0.39, 0.29) is 0 Å². The highest BCUT2D eigenvalue weighted by Crippen LogP contribution is 2.40. The Kier molecular flexibility index (Phi) is 7.14. The van der Waals surface area contributed by atoms with Gasteiger partial charge in [0.2, 0.25) is 0 Å². The average Bonchev–Trinajstić information content (AvgIpc) is 3.58. The molecule has 0 aliphatic rings. The Morgan fingerprint density at radius 1 is 0.291 bits per heavy atom. The van der Waals surface area contributed by atoms with Gasteiger partial charge in [0.1, 0.15) is 0 Å². The van der Waals surface area contributed by atoms with E-state index in [0.717, 1.165) is 83.1 Å². The molecule has 0 saturated heterocycles. The third kappa shape index (κ3) is 5.19. The van der Waals surface area contributed by atoms with Gasteiger partial charge in [0.25, 0.3) is 0 Å². The van der Waals surface area contributed by atoms with E-state index in [4.69, 9.17) is 15.0 Å². The minimum atomic E-state index is 0.715. The zero-order valence-corrected chi connectivity index (χ0v) is 29.8. The molecule has 0 atom stereocenters. The summed E-state index contributed by atoms with van der Waals surface area (Å²) in [6.07, 6.45) is 0. The molecule has 3 aromatic heterocycles. The van der Waals surface area contributed by atoms with Crippen molar-refractivity contribution in [1.29, 1.82) is 0 Å². The van der Waals surface area contributed by atoms with Gasteiger partial charge in [-0.25, -0.2) is 15.0 Å². The van der Waals surface area contributed by atoms with Crippen LogP contribution in [-0.2, 0) is 0 Å². The first-order valence-electron chi connectivity index (χ1n) is 18.6. The van der Waals surface area contributed by atoms with E-state index in [1.165, 1.54) is 16.2 Å². The highest BCUT2D eigenvalue weighted by atomic mass is 15.0. The van der Waals surface area contributed by atoms with E-state index in [0.29, 0.717) is 5.82 Å². The van der Waals surface area contributed by atoms with Crippen molar-refractivity contribution in [1.82, 2.24) is 19.5 Å². The molecule has 0 bridgehead atoms. The molecule has 0 N–H and O–H groups in total. The Hall–Kier alpha value is -7.43. The minimum absolute atomic E-state index is 0.715. The van der Waals surface area contributed by atoms with Crippen LogP contribution >= 0.6 is 0 Å². The number of pyridine rings is 1. The summed E-state index contributed by atoms with van der Waals surface area (Å²) in [6.45, 7) is 0. The maximum atomic E-state index is 5.35. The van der Waals surface area contributed by atoms with Gasteiger partial charge in [-0.05, 0) is 59.0 Å². The van der Waals surface area contributed by atoms with Crippen LogP contribution in [0, 0.1) is 0 Å². The average molecular weight is 701 g/mol. The number of nitrogens with zero attached hydrogens (tertiary/aromatic N) is 4. The maximum absolute atomic E-state index is 5.35. The van der Waals surface area contributed by atoms with Gasteiger partial charge in [0.05, 0.1) is 33.5 Å². The van der Waals surface area contributed by atoms with E-state index in [1.807, 2.05) is 18.2 Å². The minimum Gasteiger partial charge on any atom is -0.309 e. The van der Waals surface area contributed by atoms with Gasteiger partial charge in [-0.15, -0.1) is 0 Å². The van der Waals surface area contributed by atoms with Crippen LogP contribution in [0.25, 0.3) is 105 Å². The van der Waals surface area contributed by atoms with Crippen LogP contribution in [0.5, 0.6) is 0 Å². The lowest BCUT2D eigenvalue weighted by Gasteiger charge is -2.12. The van der Waals surface area contributed by atoms with Crippen molar-refractivity contribution in [2.24, 2.45) is 0 Å². The molecule has 4 nitrogen and oxygen atoms in total. The Morgan fingerprint density at radius 3 is 1.58 bits per heavy atom. The lowest BCUT2D eigenvalue weighted by atomic mass is 9.98. The van der Waals surface area contributed by atoms with Gasteiger partial charge in [0.15, 0.2) is 5.82 Å². The molecule has 0 spiro atoms. The summed E-state index contributed by atoms with van der Waals surface area (Å²) in [4.78, 5) is 15.4. The summed E-state index contributed by atoms with van der Waals surface area (Å²) < 4.78 is 2.39. The van der Waals surface area contributed by atoms with Crippen molar-refractivity contribution in [3.63, 3.8) is 0 Å². The van der Waals surface area contributed by atoms with E-state index in [9.17, 15) is 0 Å². The maximum Gasteiger partial charge on any atom is 0.160 e. The SMILES string of the molecule is c1ccc(-c2nc(-c3ccc(-c4ccc5c(c4)c4cc6nc(-c7ccccc7)c7ccccc7c6cc4n5-c4ccccc4)cc3)nc3ccccc23)cc1. The summed E-state index contributed by atoms with van der Waals surface area (Å²) in [5.74, 6) is 0.715. The van der Waals surface area contributed by atoms with Crippen molar-refractivity contribution < 1.29 is 0 Å². The van der Waals surface area contributed by atoms with Gasteiger partial charge in [-0.2, -0.15) is 0 Å². The van der Waals surface area contributed by atoms with Crippen LogP contribution in [0.4, 0.5) is 0 Å². The molecule has 55 heavy (non-hydrogen) atoms. The van der Waals surface area contributed by atoms with Gasteiger partial charge >= 0.3 is 0 Å². The summed E-state index contributed by atoms with van der Waals surface area (Å²) in [6, 6.07) is 68.5. The Morgan fingerprint density at radius 2 is 0.855 bits per heavy atom. The lowest BCUT2D eigenvalue weighted by Crippen LogP contribution is -1.95. The van der Waals surface area contributed by atoms with Crippen molar-refractivity contribution in [3.8, 4) is 50.7 Å².